The summed E-state index contributed by atoms with van der Waals surface area (Å²) in [5, 5.41) is 0. The fourth-order valence-corrected chi connectivity index (χ4v) is 1.81. The molecule has 0 saturated heterocycles. The minimum atomic E-state index is -0.102. The van der Waals surface area contributed by atoms with E-state index in [0.717, 1.165) is 0 Å². The Morgan fingerprint density at radius 2 is 1.85 bits per heavy atom. The van der Waals surface area contributed by atoms with E-state index in [1.165, 1.54) is 16.9 Å². The largest absolute Gasteiger partial charge is 0.432 e. The van der Waals surface area contributed by atoms with Crippen LogP contribution >= 0.6 is 0 Å². The molecule has 1 aromatic carbocycles. The SMILES string of the molecule is C#[S-](C)c1ccc(C(C)CC)cc1. The Morgan fingerprint density at radius 3 is 2.23 bits per heavy atom. The van der Waals surface area contributed by atoms with Crippen LogP contribution in [0.5, 0.6) is 0 Å². The average molecular weight is 193 g/mol. The van der Waals surface area contributed by atoms with Gasteiger partial charge in [-0.25, -0.2) is 0 Å². The zero-order valence-electron chi connectivity index (χ0n) is 8.58. The van der Waals surface area contributed by atoms with Gasteiger partial charge in [-0.2, -0.15) is 0 Å². The fourth-order valence-electron chi connectivity index (χ4n) is 1.25. The van der Waals surface area contributed by atoms with E-state index in [-0.39, 0.29) is 10.3 Å². The lowest BCUT2D eigenvalue weighted by atomic mass is 9.99. The van der Waals surface area contributed by atoms with Gasteiger partial charge in [0.2, 0.25) is 0 Å². The normalized spacial score (nSPS) is 13.2. The van der Waals surface area contributed by atoms with Crippen molar-refractivity contribution in [2.24, 2.45) is 0 Å². The second-order valence-electron chi connectivity index (χ2n) is 3.44. The van der Waals surface area contributed by atoms with Gasteiger partial charge < -0.3 is 16.0 Å². The van der Waals surface area contributed by atoms with Gasteiger partial charge in [-0.3, -0.25) is 0 Å². The molecule has 13 heavy (non-hydrogen) atoms. The van der Waals surface area contributed by atoms with Crippen molar-refractivity contribution in [3.8, 4) is 5.69 Å². The maximum absolute atomic E-state index is 5.80. The van der Waals surface area contributed by atoms with Crippen molar-refractivity contribution in [2.45, 2.75) is 31.1 Å². The van der Waals surface area contributed by atoms with Gasteiger partial charge in [0.25, 0.3) is 0 Å². The van der Waals surface area contributed by atoms with Crippen LogP contribution in [-0.4, -0.2) is 6.26 Å². The van der Waals surface area contributed by atoms with Gasteiger partial charge in [-0.05, 0) is 17.9 Å². The highest BCUT2D eigenvalue weighted by Gasteiger charge is 1.99. The first-order valence-corrected chi connectivity index (χ1v) is 6.35. The van der Waals surface area contributed by atoms with Crippen LogP contribution in [0.2, 0.25) is 0 Å². The van der Waals surface area contributed by atoms with Crippen LogP contribution in [-0.2, 0) is 10.3 Å². The summed E-state index contributed by atoms with van der Waals surface area (Å²) in [5.74, 6) is 0.658. The van der Waals surface area contributed by atoms with Crippen LogP contribution < -0.4 is 0 Å². The van der Waals surface area contributed by atoms with Gasteiger partial charge in [0, 0.05) is 0 Å². The summed E-state index contributed by atoms with van der Waals surface area (Å²) in [6.45, 7) is 4.47. The second-order valence-corrected chi connectivity index (χ2v) is 5.02. The Hall–Kier alpha value is -0.650. The summed E-state index contributed by atoms with van der Waals surface area (Å²) < 4.78 is 0. The van der Waals surface area contributed by atoms with Crippen molar-refractivity contribution in [3.63, 3.8) is 0 Å². The molecule has 1 aromatic rings. The first kappa shape index (κ1) is 10.4. The number of hydrogen-bond acceptors (Lipinski definition) is 1. The van der Waals surface area contributed by atoms with E-state index in [4.69, 9.17) is 5.69 Å². The van der Waals surface area contributed by atoms with Crippen LogP contribution in [0.4, 0.5) is 0 Å². The molecule has 0 aliphatic rings. The minimum absolute atomic E-state index is 0.102. The van der Waals surface area contributed by atoms with Crippen molar-refractivity contribution in [3.05, 3.63) is 29.8 Å². The average Bonchev–Trinajstić information content (AvgIpc) is 2.17. The highest BCUT2D eigenvalue weighted by Crippen LogP contribution is 2.19. The molecule has 0 nitrogen and oxygen atoms in total. The monoisotopic (exact) mass is 193 g/mol. The van der Waals surface area contributed by atoms with Gasteiger partial charge in [0.1, 0.15) is 0 Å². The molecule has 0 fully saturated rings. The molecule has 0 spiro atoms. The molecular formula is C12H17S-. The molecule has 72 valence electrons. The summed E-state index contributed by atoms with van der Waals surface area (Å²) in [6, 6.07) is 8.68. The van der Waals surface area contributed by atoms with Crippen LogP contribution in [0.15, 0.2) is 29.2 Å². The summed E-state index contributed by atoms with van der Waals surface area (Å²) in [7, 11) is -0.102. The van der Waals surface area contributed by atoms with Crippen molar-refractivity contribution < 1.29 is 0 Å². The zero-order chi connectivity index (χ0) is 9.84. The van der Waals surface area contributed by atoms with Crippen molar-refractivity contribution >= 4 is 10.3 Å². The van der Waals surface area contributed by atoms with Crippen molar-refractivity contribution in [1.29, 1.82) is 0 Å². The molecule has 0 aliphatic carbocycles. The minimum Gasteiger partial charge on any atom is -0.432 e. The Morgan fingerprint density at radius 1 is 1.31 bits per heavy atom. The zero-order valence-corrected chi connectivity index (χ0v) is 9.40. The molecular weight excluding hydrogens is 176 g/mol. The van der Waals surface area contributed by atoms with E-state index < -0.39 is 0 Å². The molecule has 0 amide bonds. The van der Waals surface area contributed by atoms with Gasteiger partial charge >= 0.3 is 0 Å². The molecule has 0 aliphatic heterocycles. The van der Waals surface area contributed by atoms with Gasteiger partial charge in [0.15, 0.2) is 0 Å². The molecule has 1 atom stereocenters. The maximum atomic E-state index is 5.80. The summed E-state index contributed by atoms with van der Waals surface area (Å²) in [4.78, 5) is 1.24. The van der Waals surface area contributed by atoms with Crippen LogP contribution in [0.25, 0.3) is 0 Å². The Bertz CT molecular complexity index is 326. The summed E-state index contributed by atoms with van der Waals surface area (Å²) in [6.07, 6.45) is 3.23. The molecule has 0 bridgehead atoms. The number of benzene rings is 1. The Kier molecular flexibility index (Phi) is 3.65. The van der Waals surface area contributed by atoms with E-state index >= 15 is 0 Å². The summed E-state index contributed by atoms with van der Waals surface area (Å²) >= 11 is 0. The van der Waals surface area contributed by atoms with Gasteiger partial charge in [-0.15, -0.1) is 11.2 Å². The standard InChI is InChI=1S/C12H17S/c1-5-10(2)11-6-8-12(9-7-11)13(3)4/h3,6-10H,5H2,1-2,4H3/q-1. The number of hydrogen-bond donors (Lipinski definition) is 0. The lowest BCUT2D eigenvalue weighted by molar-refractivity contribution is 0.733. The lowest BCUT2D eigenvalue weighted by Crippen LogP contribution is -1.91. The molecule has 1 unspecified atom stereocenters. The predicted octanol–water partition coefficient (Wildman–Crippen LogP) is 3.40. The van der Waals surface area contributed by atoms with E-state index in [2.05, 4.69) is 38.1 Å². The third kappa shape index (κ3) is 2.65. The molecule has 0 heterocycles. The highest BCUT2D eigenvalue weighted by atomic mass is 32.2. The van der Waals surface area contributed by atoms with Gasteiger partial charge in [-0.1, -0.05) is 38.1 Å². The predicted molar refractivity (Wildman–Crippen MR) is 61.6 cm³/mol. The van der Waals surface area contributed by atoms with E-state index in [1.807, 2.05) is 6.26 Å². The molecule has 1 heteroatoms. The Balaban J connectivity index is 2.89. The van der Waals surface area contributed by atoms with Gasteiger partial charge in [0.05, 0.1) is 0 Å². The molecule has 0 aromatic heterocycles. The first-order chi connectivity index (χ1) is 6.15. The van der Waals surface area contributed by atoms with Crippen molar-refractivity contribution in [2.75, 3.05) is 6.26 Å². The lowest BCUT2D eigenvalue weighted by Gasteiger charge is -2.14. The van der Waals surface area contributed by atoms with E-state index in [0.29, 0.717) is 5.92 Å². The highest BCUT2D eigenvalue weighted by molar-refractivity contribution is 7.85. The number of rotatable bonds is 2. The molecule has 0 N–H and O–H groups in total. The van der Waals surface area contributed by atoms with Crippen LogP contribution in [0, 0.1) is 5.69 Å². The van der Waals surface area contributed by atoms with E-state index in [1.54, 1.807) is 0 Å². The van der Waals surface area contributed by atoms with Crippen molar-refractivity contribution in [1.82, 2.24) is 0 Å². The fraction of sp³-hybridized carbons (Fsp3) is 0.417. The molecule has 1 rings (SSSR count). The van der Waals surface area contributed by atoms with Crippen LogP contribution in [0.1, 0.15) is 31.7 Å². The smallest absolute Gasteiger partial charge is 0.0193 e. The first-order valence-electron chi connectivity index (χ1n) is 4.65. The third-order valence-electron chi connectivity index (χ3n) is 2.43. The van der Waals surface area contributed by atoms with E-state index in [9.17, 15) is 0 Å². The quantitative estimate of drug-likeness (QED) is 0.632. The topological polar surface area (TPSA) is 0 Å². The molecule has 0 radical (unpaired) electrons. The van der Waals surface area contributed by atoms with Crippen LogP contribution in [0.3, 0.4) is 0 Å². The molecule has 0 saturated carbocycles. The maximum Gasteiger partial charge on any atom is -0.0193 e. The third-order valence-corrected chi connectivity index (χ3v) is 3.45. The Labute approximate surface area is 83.6 Å². The summed E-state index contributed by atoms with van der Waals surface area (Å²) in [5.41, 5.74) is 7.21. The second kappa shape index (κ2) is 4.55.